The molecule has 1 aromatic carbocycles. The molecule has 8 nitrogen and oxygen atoms in total. The van der Waals surface area contributed by atoms with Crippen molar-refractivity contribution in [2.45, 2.75) is 33.3 Å². The summed E-state index contributed by atoms with van der Waals surface area (Å²) in [6, 6.07) is 8.28. The zero-order chi connectivity index (χ0) is 21.7. The molecule has 0 fully saturated rings. The Morgan fingerprint density at radius 3 is 2.73 bits per heavy atom. The van der Waals surface area contributed by atoms with Gasteiger partial charge in [0.1, 0.15) is 17.9 Å². The Labute approximate surface area is 172 Å². The molecular weight excluding hydrogens is 388 g/mol. The van der Waals surface area contributed by atoms with Crippen LogP contribution in [0.2, 0.25) is 0 Å². The number of rotatable bonds is 7. The van der Waals surface area contributed by atoms with Crippen LogP contribution in [0.1, 0.15) is 41.4 Å². The van der Waals surface area contributed by atoms with Crippen molar-refractivity contribution in [3.63, 3.8) is 0 Å². The molecule has 0 saturated carbocycles. The highest BCUT2D eigenvalue weighted by Gasteiger charge is 2.19. The number of ether oxygens (including phenoxy) is 2. The normalized spacial score (nSPS) is 10.6. The maximum atomic E-state index is 12.8. The molecule has 30 heavy (non-hydrogen) atoms. The lowest BCUT2D eigenvalue weighted by Crippen LogP contribution is -2.21. The first-order valence-electron chi connectivity index (χ1n) is 9.47. The van der Waals surface area contributed by atoms with E-state index < -0.39 is 11.5 Å². The van der Waals surface area contributed by atoms with Crippen molar-refractivity contribution in [1.29, 1.82) is 0 Å². The SMILES string of the molecule is CCCC(=O)OCc1cnc(C)c2oc(=O)c(C(=O)Nc3ccccc3OC)cc12. The third-order valence-electron chi connectivity index (χ3n) is 4.48. The third-order valence-corrected chi connectivity index (χ3v) is 4.48. The molecule has 0 bridgehead atoms. The molecule has 0 radical (unpaired) electrons. The van der Waals surface area contributed by atoms with Crippen molar-refractivity contribution in [2.75, 3.05) is 12.4 Å². The van der Waals surface area contributed by atoms with Gasteiger partial charge in [-0.3, -0.25) is 14.6 Å². The monoisotopic (exact) mass is 410 g/mol. The molecule has 0 unspecified atom stereocenters. The van der Waals surface area contributed by atoms with E-state index in [2.05, 4.69) is 10.3 Å². The summed E-state index contributed by atoms with van der Waals surface area (Å²) in [6.45, 7) is 3.53. The summed E-state index contributed by atoms with van der Waals surface area (Å²) in [4.78, 5) is 41.1. The number of benzene rings is 1. The first-order chi connectivity index (χ1) is 14.4. The fraction of sp³-hybridized carbons (Fsp3) is 0.273. The van der Waals surface area contributed by atoms with Crippen molar-refractivity contribution in [3.8, 4) is 5.75 Å². The number of nitrogens with one attached hydrogen (secondary N) is 1. The minimum Gasteiger partial charge on any atom is -0.495 e. The number of aryl methyl sites for hydroxylation is 1. The van der Waals surface area contributed by atoms with Crippen LogP contribution in [0.4, 0.5) is 5.69 Å². The van der Waals surface area contributed by atoms with Crippen LogP contribution in [0, 0.1) is 6.92 Å². The molecule has 0 atom stereocenters. The van der Waals surface area contributed by atoms with Crippen molar-refractivity contribution in [1.82, 2.24) is 4.98 Å². The van der Waals surface area contributed by atoms with E-state index in [9.17, 15) is 14.4 Å². The summed E-state index contributed by atoms with van der Waals surface area (Å²) in [5, 5.41) is 3.14. The van der Waals surface area contributed by atoms with Gasteiger partial charge in [0.05, 0.1) is 18.5 Å². The average Bonchev–Trinajstić information content (AvgIpc) is 2.73. The lowest BCUT2D eigenvalue weighted by atomic mass is 10.1. The first kappa shape index (κ1) is 21.0. The summed E-state index contributed by atoms with van der Waals surface area (Å²) in [5.74, 6) is -0.518. The third kappa shape index (κ3) is 4.48. The number of hydrogen-bond acceptors (Lipinski definition) is 7. The molecule has 3 rings (SSSR count). The molecule has 0 aliphatic carbocycles. The van der Waals surface area contributed by atoms with E-state index in [1.165, 1.54) is 13.2 Å². The van der Waals surface area contributed by atoms with Gasteiger partial charge in [-0.05, 0) is 31.5 Å². The molecule has 8 heteroatoms. The molecule has 3 aromatic rings. The van der Waals surface area contributed by atoms with E-state index in [-0.39, 0.29) is 23.7 Å². The number of nitrogens with zero attached hydrogens (tertiary/aromatic N) is 1. The molecule has 0 saturated heterocycles. The Hall–Kier alpha value is -3.68. The summed E-state index contributed by atoms with van der Waals surface area (Å²) in [7, 11) is 1.48. The standard InChI is InChI=1S/C22H22N2O6/c1-4-7-19(25)29-12-14-11-23-13(2)20-15(14)10-16(22(27)30-20)21(26)24-17-8-5-6-9-18(17)28-3/h5-6,8-11H,4,7,12H2,1-3H3,(H,24,26). The number of fused-ring (bicyclic) bond motifs is 1. The van der Waals surface area contributed by atoms with Crippen LogP contribution in [0.5, 0.6) is 5.75 Å². The zero-order valence-corrected chi connectivity index (χ0v) is 17.0. The fourth-order valence-corrected chi connectivity index (χ4v) is 2.93. The van der Waals surface area contributed by atoms with Gasteiger partial charge in [0, 0.05) is 23.6 Å². The summed E-state index contributed by atoms with van der Waals surface area (Å²) in [5.41, 5.74) is 0.722. The number of carbonyl (C=O) groups is 2. The molecule has 1 amide bonds. The maximum Gasteiger partial charge on any atom is 0.349 e. The Balaban J connectivity index is 1.98. The van der Waals surface area contributed by atoms with Gasteiger partial charge in [-0.25, -0.2) is 4.79 Å². The Bertz CT molecular complexity index is 1150. The van der Waals surface area contributed by atoms with Crippen LogP contribution in [0.3, 0.4) is 0 Å². The van der Waals surface area contributed by atoms with Gasteiger partial charge in [-0.1, -0.05) is 19.1 Å². The van der Waals surface area contributed by atoms with Crippen LogP contribution >= 0.6 is 0 Å². The summed E-state index contributed by atoms with van der Waals surface area (Å²) < 4.78 is 15.9. The molecule has 0 aliphatic heterocycles. The second kappa shape index (κ2) is 9.21. The van der Waals surface area contributed by atoms with E-state index in [0.29, 0.717) is 40.9 Å². The molecule has 2 heterocycles. The second-order valence-corrected chi connectivity index (χ2v) is 6.62. The largest absolute Gasteiger partial charge is 0.495 e. The molecule has 0 aliphatic rings. The van der Waals surface area contributed by atoms with E-state index in [1.807, 2.05) is 6.92 Å². The number of hydrogen-bond donors (Lipinski definition) is 1. The van der Waals surface area contributed by atoms with Crippen molar-refractivity contribution in [2.24, 2.45) is 0 Å². The summed E-state index contributed by atoms with van der Waals surface area (Å²) >= 11 is 0. The quantitative estimate of drug-likeness (QED) is 0.593. The van der Waals surface area contributed by atoms with E-state index in [4.69, 9.17) is 13.9 Å². The second-order valence-electron chi connectivity index (χ2n) is 6.62. The molecule has 0 spiro atoms. The fourth-order valence-electron chi connectivity index (χ4n) is 2.93. The molecular formula is C22H22N2O6. The topological polar surface area (TPSA) is 108 Å². The Morgan fingerprint density at radius 1 is 1.23 bits per heavy atom. The highest BCUT2D eigenvalue weighted by molar-refractivity contribution is 6.06. The first-order valence-corrected chi connectivity index (χ1v) is 9.47. The molecule has 2 aromatic heterocycles. The van der Waals surface area contributed by atoms with Gasteiger partial charge in [0.25, 0.3) is 5.91 Å². The predicted molar refractivity (Wildman–Crippen MR) is 111 cm³/mol. The number of carbonyl (C=O) groups excluding carboxylic acids is 2. The number of aromatic nitrogens is 1. The van der Waals surface area contributed by atoms with Gasteiger partial charge in [-0.15, -0.1) is 0 Å². The van der Waals surface area contributed by atoms with Crippen molar-refractivity contribution < 1.29 is 23.5 Å². The predicted octanol–water partition coefficient (Wildman–Crippen LogP) is 3.60. The van der Waals surface area contributed by atoms with Gasteiger partial charge < -0.3 is 19.2 Å². The minimum atomic E-state index is -0.792. The van der Waals surface area contributed by atoms with E-state index >= 15 is 0 Å². The van der Waals surface area contributed by atoms with Crippen LogP contribution in [0.15, 0.2) is 45.7 Å². The van der Waals surface area contributed by atoms with E-state index in [0.717, 1.165) is 0 Å². The van der Waals surface area contributed by atoms with Crippen LogP contribution in [-0.4, -0.2) is 24.0 Å². The Kier molecular flexibility index (Phi) is 6.46. The highest BCUT2D eigenvalue weighted by atomic mass is 16.5. The van der Waals surface area contributed by atoms with E-state index in [1.54, 1.807) is 37.4 Å². The van der Waals surface area contributed by atoms with Gasteiger partial charge in [0.15, 0.2) is 5.58 Å². The number of amides is 1. The van der Waals surface area contributed by atoms with Gasteiger partial charge in [-0.2, -0.15) is 0 Å². The Morgan fingerprint density at radius 2 is 2.00 bits per heavy atom. The van der Waals surface area contributed by atoms with Crippen LogP contribution in [0.25, 0.3) is 11.0 Å². The van der Waals surface area contributed by atoms with Crippen LogP contribution in [-0.2, 0) is 16.1 Å². The maximum absolute atomic E-state index is 12.8. The molecule has 156 valence electrons. The van der Waals surface area contributed by atoms with Gasteiger partial charge >= 0.3 is 11.6 Å². The number of para-hydroxylation sites is 2. The number of esters is 1. The number of pyridine rings is 1. The zero-order valence-electron chi connectivity index (χ0n) is 17.0. The van der Waals surface area contributed by atoms with Crippen LogP contribution < -0.4 is 15.7 Å². The van der Waals surface area contributed by atoms with Crippen molar-refractivity contribution >= 4 is 28.5 Å². The van der Waals surface area contributed by atoms with Crippen molar-refractivity contribution in [3.05, 3.63) is 63.8 Å². The lowest BCUT2D eigenvalue weighted by molar-refractivity contribution is -0.144. The minimum absolute atomic E-state index is 0.0378. The number of anilines is 1. The summed E-state index contributed by atoms with van der Waals surface area (Å²) in [6.07, 6.45) is 2.52. The number of methoxy groups -OCH3 is 1. The smallest absolute Gasteiger partial charge is 0.349 e. The lowest BCUT2D eigenvalue weighted by Gasteiger charge is -2.11. The average molecular weight is 410 g/mol. The molecule has 1 N–H and O–H groups in total. The highest BCUT2D eigenvalue weighted by Crippen LogP contribution is 2.25. The van der Waals surface area contributed by atoms with Gasteiger partial charge in [0.2, 0.25) is 0 Å².